The topological polar surface area (TPSA) is 64.4 Å². The van der Waals surface area contributed by atoms with E-state index >= 15 is 0 Å². The molecule has 5 heteroatoms. The fourth-order valence-electron chi connectivity index (χ4n) is 0.808. The predicted octanol–water partition coefficient (Wildman–Crippen LogP) is -0.196. The quantitative estimate of drug-likeness (QED) is 0.442. The van der Waals surface area contributed by atoms with Crippen molar-refractivity contribution in [1.82, 2.24) is 5.43 Å². The molecule has 58 valence electrons. The Morgan fingerprint density at radius 2 is 2.40 bits per heavy atom. The monoisotopic (exact) mass is 146 g/mol. The summed E-state index contributed by atoms with van der Waals surface area (Å²) < 4.78 is 4.91. The van der Waals surface area contributed by atoms with Gasteiger partial charge in [0.25, 0.3) is 0 Å². The van der Waals surface area contributed by atoms with Gasteiger partial charge in [0.05, 0.1) is 19.8 Å². The van der Waals surface area contributed by atoms with Gasteiger partial charge in [0.1, 0.15) is 0 Å². The molecule has 0 bridgehead atoms. The number of hydrogen-bond donors (Lipinski definition) is 1. The Morgan fingerprint density at radius 3 is 2.70 bits per heavy atom. The van der Waals surface area contributed by atoms with Crippen LogP contribution in [-0.4, -0.2) is 24.8 Å². The third-order valence-corrected chi connectivity index (χ3v) is 1.54. The van der Waals surface area contributed by atoms with Gasteiger partial charge in [-0.1, -0.05) is 6.92 Å². The zero-order valence-corrected chi connectivity index (χ0v) is 5.79. The molecule has 0 radical (unpaired) electrons. The highest BCUT2D eigenvalue weighted by Gasteiger charge is 2.34. The summed E-state index contributed by atoms with van der Waals surface area (Å²) in [5, 5.41) is 9.32. The smallest absolute Gasteiger partial charge is 0.157 e. The van der Waals surface area contributed by atoms with Crippen LogP contribution in [0.25, 0.3) is 0 Å². The van der Waals surface area contributed by atoms with Crippen molar-refractivity contribution in [3.63, 3.8) is 0 Å². The second kappa shape index (κ2) is 2.42. The molecule has 10 heavy (non-hydrogen) atoms. The van der Waals surface area contributed by atoms with Crippen molar-refractivity contribution in [3.8, 4) is 0 Å². The summed E-state index contributed by atoms with van der Waals surface area (Å²) in [5.74, 6) is 0. The van der Waals surface area contributed by atoms with Gasteiger partial charge in [0.15, 0.2) is 5.03 Å². The van der Waals surface area contributed by atoms with Crippen LogP contribution in [0.2, 0.25) is 0 Å². The molecule has 1 aliphatic rings. The normalized spacial score (nSPS) is 21.3. The molecule has 5 nitrogen and oxygen atoms in total. The lowest BCUT2D eigenvalue weighted by molar-refractivity contribution is -0.547. The van der Waals surface area contributed by atoms with Gasteiger partial charge in [-0.3, -0.25) is 0 Å². The zero-order valence-electron chi connectivity index (χ0n) is 5.79. The molecule has 1 saturated heterocycles. The van der Waals surface area contributed by atoms with Gasteiger partial charge < -0.3 is 4.74 Å². The van der Waals surface area contributed by atoms with E-state index in [1.165, 1.54) is 0 Å². The van der Waals surface area contributed by atoms with E-state index < -0.39 is 5.03 Å². The summed E-state index contributed by atoms with van der Waals surface area (Å²) in [7, 11) is 0. The molecule has 1 rings (SSSR count). The molecule has 1 fully saturated rings. The van der Waals surface area contributed by atoms with E-state index in [0.29, 0.717) is 19.8 Å². The van der Waals surface area contributed by atoms with Gasteiger partial charge in [0.2, 0.25) is 0 Å². The Balaban J connectivity index is 2.18. The van der Waals surface area contributed by atoms with E-state index in [9.17, 15) is 10.1 Å². The lowest BCUT2D eigenvalue weighted by atomic mass is 9.89. The molecule has 0 aromatic carbocycles. The Hall–Kier alpha value is -0.840. The minimum atomic E-state index is -0.524. The number of ether oxygens (including phenoxy) is 1. The van der Waals surface area contributed by atoms with E-state index in [1.54, 1.807) is 0 Å². The summed E-state index contributed by atoms with van der Waals surface area (Å²) in [6.45, 7) is 3.58. The van der Waals surface area contributed by atoms with Crippen LogP contribution in [0.15, 0.2) is 0 Å². The molecule has 0 saturated carbocycles. The number of nitrogens with zero attached hydrogens (tertiary/aromatic N) is 1. The highest BCUT2D eigenvalue weighted by molar-refractivity contribution is 4.81. The molecule has 0 spiro atoms. The van der Waals surface area contributed by atoms with Gasteiger partial charge in [-0.2, -0.15) is 0 Å². The summed E-state index contributed by atoms with van der Waals surface area (Å²) in [6.07, 6.45) is 0. The van der Waals surface area contributed by atoms with Crippen molar-refractivity contribution in [3.05, 3.63) is 10.1 Å². The Labute approximate surface area is 58.5 Å². The number of nitrogens with one attached hydrogen (secondary N) is 1. The lowest BCUT2D eigenvalue weighted by Crippen LogP contribution is -2.48. The van der Waals surface area contributed by atoms with Crippen LogP contribution in [0.3, 0.4) is 0 Å². The summed E-state index contributed by atoms with van der Waals surface area (Å²) in [6, 6.07) is 0. The van der Waals surface area contributed by atoms with Crippen molar-refractivity contribution in [2.24, 2.45) is 5.41 Å². The maximum atomic E-state index is 9.84. The van der Waals surface area contributed by atoms with Crippen molar-refractivity contribution in [2.45, 2.75) is 6.92 Å². The SMILES string of the molecule is CC1(CN[N+](=O)[O-])COC1. The molecule has 0 atom stereocenters. The molecule has 1 heterocycles. The third kappa shape index (κ3) is 1.57. The molecule has 0 aromatic rings. The van der Waals surface area contributed by atoms with Crippen LogP contribution >= 0.6 is 0 Å². The third-order valence-electron chi connectivity index (χ3n) is 1.54. The number of hydrazine groups is 1. The largest absolute Gasteiger partial charge is 0.380 e. The summed E-state index contributed by atoms with van der Waals surface area (Å²) in [4.78, 5) is 9.84. The van der Waals surface area contributed by atoms with Gasteiger partial charge >= 0.3 is 0 Å². The molecule has 1 N–H and O–H groups in total. The van der Waals surface area contributed by atoms with Crippen LogP contribution in [-0.2, 0) is 4.74 Å². The van der Waals surface area contributed by atoms with Gasteiger partial charge in [-0.15, -0.1) is 5.43 Å². The Morgan fingerprint density at radius 1 is 1.80 bits per heavy atom. The van der Waals surface area contributed by atoms with Gasteiger partial charge in [-0.05, 0) is 0 Å². The Kier molecular flexibility index (Phi) is 1.76. The van der Waals surface area contributed by atoms with E-state index in [-0.39, 0.29) is 5.41 Å². The summed E-state index contributed by atoms with van der Waals surface area (Å²) >= 11 is 0. The minimum Gasteiger partial charge on any atom is -0.380 e. The van der Waals surface area contributed by atoms with Crippen molar-refractivity contribution in [1.29, 1.82) is 0 Å². The second-order valence-electron chi connectivity index (χ2n) is 2.90. The van der Waals surface area contributed by atoms with Crippen LogP contribution in [0, 0.1) is 15.5 Å². The second-order valence-corrected chi connectivity index (χ2v) is 2.90. The van der Waals surface area contributed by atoms with Crippen LogP contribution < -0.4 is 5.43 Å². The first-order valence-corrected chi connectivity index (χ1v) is 3.08. The molecule has 0 aliphatic carbocycles. The zero-order chi connectivity index (χ0) is 7.61. The first-order valence-electron chi connectivity index (χ1n) is 3.08. The van der Waals surface area contributed by atoms with Crippen molar-refractivity contribution >= 4 is 0 Å². The standard InChI is InChI=1S/C5H10N2O3/c1-5(3-10-4-5)2-6-7(8)9/h6H,2-4H2,1H3. The van der Waals surface area contributed by atoms with Crippen molar-refractivity contribution < 1.29 is 9.77 Å². The number of rotatable bonds is 3. The van der Waals surface area contributed by atoms with Gasteiger partial charge in [0, 0.05) is 5.41 Å². The molecule has 0 amide bonds. The van der Waals surface area contributed by atoms with E-state index in [0.717, 1.165) is 0 Å². The highest BCUT2D eigenvalue weighted by Crippen LogP contribution is 2.24. The average molecular weight is 146 g/mol. The average Bonchev–Trinajstić information content (AvgIpc) is 1.79. The van der Waals surface area contributed by atoms with Crippen molar-refractivity contribution in [2.75, 3.05) is 19.8 Å². The highest BCUT2D eigenvalue weighted by atomic mass is 16.7. The molecule has 1 aliphatic heterocycles. The minimum absolute atomic E-state index is 0.0208. The van der Waals surface area contributed by atoms with Crippen LogP contribution in [0.4, 0.5) is 0 Å². The lowest BCUT2D eigenvalue weighted by Gasteiger charge is -2.36. The Bertz CT molecular complexity index is 144. The number of nitro groups is 1. The summed E-state index contributed by atoms with van der Waals surface area (Å²) in [5.41, 5.74) is 2.11. The van der Waals surface area contributed by atoms with Gasteiger partial charge in [-0.25, -0.2) is 10.1 Å². The van der Waals surface area contributed by atoms with Crippen LogP contribution in [0.1, 0.15) is 6.92 Å². The predicted molar refractivity (Wildman–Crippen MR) is 33.9 cm³/mol. The van der Waals surface area contributed by atoms with E-state index in [4.69, 9.17) is 4.74 Å². The van der Waals surface area contributed by atoms with E-state index in [2.05, 4.69) is 5.43 Å². The van der Waals surface area contributed by atoms with Crippen LogP contribution in [0.5, 0.6) is 0 Å². The molecular formula is C5H10N2O3. The maximum absolute atomic E-state index is 9.84. The fourth-order valence-corrected chi connectivity index (χ4v) is 0.808. The molecule has 0 aromatic heterocycles. The first kappa shape index (κ1) is 7.27. The fraction of sp³-hybridized carbons (Fsp3) is 1.00. The van der Waals surface area contributed by atoms with E-state index in [1.807, 2.05) is 6.92 Å². The maximum Gasteiger partial charge on any atom is 0.157 e. The molecule has 0 unspecified atom stereocenters. The first-order chi connectivity index (χ1) is 4.62. The number of hydrogen-bond acceptors (Lipinski definition) is 3. The molecular weight excluding hydrogens is 136 g/mol.